The van der Waals surface area contributed by atoms with Gasteiger partial charge in [-0.25, -0.2) is 0 Å². The molecular formula is C18H26N2O. The summed E-state index contributed by atoms with van der Waals surface area (Å²) in [5, 5.41) is 6.56. The van der Waals surface area contributed by atoms with Crippen molar-refractivity contribution in [1.82, 2.24) is 5.32 Å². The number of hydrogen-bond acceptors (Lipinski definition) is 2. The third kappa shape index (κ3) is 3.78. The number of anilines is 1. The van der Waals surface area contributed by atoms with E-state index in [0.717, 1.165) is 25.9 Å². The highest BCUT2D eigenvalue weighted by Crippen LogP contribution is 2.32. The van der Waals surface area contributed by atoms with E-state index >= 15 is 0 Å². The molecule has 0 aromatic heterocycles. The zero-order valence-electron chi connectivity index (χ0n) is 12.7. The van der Waals surface area contributed by atoms with Crippen molar-refractivity contribution in [2.75, 3.05) is 18.4 Å². The van der Waals surface area contributed by atoms with Crippen molar-refractivity contribution < 1.29 is 4.79 Å². The van der Waals surface area contributed by atoms with Crippen LogP contribution in [0.3, 0.4) is 0 Å². The Labute approximate surface area is 127 Å². The third-order valence-corrected chi connectivity index (χ3v) is 4.95. The molecule has 1 atom stereocenters. The van der Waals surface area contributed by atoms with E-state index < -0.39 is 0 Å². The second kappa shape index (κ2) is 6.97. The molecule has 1 amide bonds. The SMILES string of the molecule is O=C(CC1CCCCC1)NCCC1CNc2ccccc21. The molecule has 2 aliphatic rings. The summed E-state index contributed by atoms with van der Waals surface area (Å²) >= 11 is 0. The van der Waals surface area contributed by atoms with Crippen molar-refractivity contribution in [3.8, 4) is 0 Å². The minimum atomic E-state index is 0.251. The van der Waals surface area contributed by atoms with Gasteiger partial charge in [0.15, 0.2) is 0 Å². The first kappa shape index (κ1) is 14.4. The van der Waals surface area contributed by atoms with Crippen molar-refractivity contribution in [3.05, 3.63) is 29.8 Å². The number of carbonyl (C=O) groups is 1. The Bertz CT molecular complexity index is 480. The fourth-order valence-corrected chi connectivity index (χ4v) is 3.73. The van der Waals surface area contributed by atoms with Crippen molar-refractivity contribution in [3.63, 3.8) is 0 Å². The normalized spacial score (nSPS) is 21.6. The highest BCUT2D eigenvalue weighted by atomic mass is 16.1. The van der Waals surface area contributed by atoms with Gasteiger partial charge in [0, 0.05) is 31.1 Å². The molecule has 1 saturated carbocycles. The quantitative estimate of drug-likeness (QED) is 0.867. The van der Waals surface area contributed by atoms with Crippen LogP contribution < -0.4 is 10.6 Å². The molecule has 1 aliphatic heterocycles. The van der Waals surface area contributed by atoms with E-state index in [2.05, 4.69) is 34.9 Å². The van der Waals surface area contributed by atoms with Crippen LogP contribution >= 0.6 is 0 Å². The summed E-state index contributed by atoms with van der Waals surface area (Å²) in [5.74, 6) is 1.42. The predicted octanol–water partition coefficient (Wildman–Crippen LogP) is 3.67. The Kier molecular flexibility index (Phi) is 4.79. The van der Waals surface area contributed by atoms with Gasteiger partial charge in [-0.15, -0.1) is 0 Å². The lowest BCUT2D eigenvalue weighted by molar-refractivity contribution is -0.122. The Morgan fingerprint density at radius 3 is 2.86 bits per heavy atom. The fraction of sp³-hybridized carbons (Fsp3) is 0.611. The molecule has 0 spiro atoms. The third-order valence-electron chi connectivity index (χ3n) is 4.95. The predicted molar refractivity (Wildman–Crippen MR) is 86.5 cm³/mol. The van der Waals surface area contributed by atoms with E-state index in [4.69, 9.17) is 0 Å². The van der Waals surface area contributed by atoms with Crippen LogP contribution in [0.5, 0.6) is 0 Å². The molecule has 1 aromatic rings. The smallest absolute Gasteiger partial charge is 0.220 e. The lowest BCUT2D eigenvalue weighted by atomic mass is 9.87. The van der Waals surface area contributed by atoms with E-state index in [-0.39, 0.29) is 5.91 Å². The average Bonchev–Trinajstić information content (AvgIpc) is 2.92. The van der Waals surface area contributed by atoms with Crippen LogP contribution in [0.25, 0.3) is 0 Å². The number of hydrogen-bond donors (Lipinski definition) is 2. The van der Waals surface area contributed by atoms with Crippen LogP contribution in [0.1, 0.15) is 56.4 Å². The highest BCUT2D eigenvalue weighted by molar-refractivity contribution is 5.76. The van der Waals surface area contributed by atoms with Gasteiger partial charge < -0.3 is 10.6 Å². The second-order valence-electron chi connectivity index (χ2n) is 6.51. The maximum absolute atomic E-state index is 12.0. The number of rotatable bonds is 5. The summed E-state index contributed by atoms with van der Waals surface area (Å²) in [4.78, 5) is 12.0. The Morgan fingerprint density at radius 2 is 2.00 bits per heavy atom. The topological polar surface area (TPSA) is 41.1 Å². The molecule has 114 valence electrons. The van der Waals surface area contributed by atoms with Crippen LogP contribution in [0, 0.1) is 5.92 Å². The standard InChI is InChI=1S/C18H26N2O/c21-18(12-14-6-2-1-3-7-14)19-11-10-15-13-20-17-9-5-4-8-16(15)17/h4-5,8-9,14-15,20H,1-3,6-7,10-13H2,(H,19,21). The van der Waals surface area contributed by atoms with E-state index in [1.165, 1.54) is 43.4 Å². The van der Waals surface area contributed by atoms with Gasteiger partial charge in [0.25, 0.3) is 0 Å². The summed E-state index contributed by atoms with van der Waals surface area (Å²) in [6, 6.07) is 8.50. The van der Waals surface area contributed by atoms with E-state index in [1.807, 2.05) is 0 Å². The first-order valence-corrected chi connectivity index (χ1v) is 8.42. The molecule has 1 fully saturated rings. The number of nitrogens with one attached hydrogen (secondary N) is 2. The van der Waals surface area contributed by atoms with Crippen LogP contribution in [0.2, 0.25) is 0 Å². The Morgan fingerprint density at radius 1 is 1.19 bits per heavy atom. The number of fused-ring (bicyclic) bond motifs is 1. The lowest BCUT2D eigenvalue weighted by Gasteiger charge is -2.21. The minimum absolute atomic E-state index is 0.251. The molecule has 2 N–H and O–H groups in total. The fourth-order valence-electron chi connectivity index (χ4n) is 3.73. The van der Waals surface area contributed by atoms with Crippen LogP contribution in [0.15, 0.2) is 24.3 Å². The summed E-state index contributed by atoms with van der Waals surface area (Å²) in [5.41, 5.74) is 2.66. The minimum Gasteiger partial charge on any atom is -0.384 e. The van der Waals surface area contributed by atoms with Crippen molar-refractivity contribution in [2.24, 2.45) is 5.92 Å². The van der Waals surface area contributed by atoms with Gasteiger partial charge in [-0.2, -0.15) is 0 Å². The molecule has 1 aromatic carbocycles. The number of para-hydroxylation sites is 1. The zero-order chi connectivity index (χ0) is 14.5. The van der Waals surface area contributed by atoms with E-state index in [9.17, 15) is 4.79 Å². The second-order valence-corrected chi connectivity index (χ2v) is 6.51. The van der Waals surface area contributed by atoms with E-state index in [1.54, 1.807) is 0 Å². The van der Waals surface area contributed by atoms with Crippen molar-refractivity contribution >= 4 is 11.6 Å². The van der Waals surface area contributed by atoms with Crippen molar-refractivity contribution in [2.45, 2.75) is 50.9 Å². The molecule has 3 heteroatoms. The van der Waals surface area contributed by atoms with Gasteiger partial charge in [0.1, 0.15) is 0 Å². The molecule has 0 radical (unpaired) electrons. The van der Waals surface area contributed by atoms with Crippen LogP contribution in [-0.4, -0.2) is 19.0 Å². The highest BCUT2D eigenvalue weighted by Gasteiger charge is 2.21. The Hall–Kier alpha value is -1.51. The largest absolute Gasteiger partial charge is 0.384 e. The van der Waals surface area contributed by atoms with Crippen LogP contribution in [0.4, 0.5) is 5.69 Å². The van der Waals surface area contributed by atoms with Gasteiger partial charge >= 0.3 is 0 Å². The molecule has 0 saturated heterocycles. The average molecular weight is 286 g/mol. The molecule has 1 aliphatic carbocycles. The molecule has 1 heterocycles. The molecule has 0 bridgehead atoms. The molecule has 3 rings (SSSR count). The number of carbonyl (C=O) groups excluding carboxylic acids is 1. The van der Waals surface area contributed by atoms with Gasteiger partial charge in [-0.3, -0.25) is 4.79 Å². The first-order valence-electron chi connectivity index (χ1n) is 8.42. The molecule has 3 nitrogen and oxygen atoms in total. The van der Waals surface area contributed by atoms with Crippen molar-refractivity contribution in [1.29, 1.82) is 0 Å². The van der Waals surface area contributed by atoms with Gasteiger partial charge in [0.05, 0.1) is 0 Å². The van der Waals surface area contributed by atoms with E-state index in [0.29, 0.717) is 11.8 Å². The number of amides is 1. The maximum atomic E-state index is 12.0. The monoisotopic (exact) mass is 286 g/mol. The molecule has 1 unspecified atom stereocenters. The lowest BCUT2D eigenvalue weighted by Crippen LogP contribution is -2.28. The maximum Gasteiger partial charge on any atom is 0.220 e. The molecular weight excluding hydrogens is 260 g/mol. The van der Waals surface area contributed by atoms with Gasteiger partial charge in [-0.05, 0) is 36.8 Å². The van der Waals surface area contributed by atoms with Crippen LogP contribution in [-0.2, 0) is 4.79 Å². The zero-order valence-corrected chi connectivity index (χ0v) is 12.7. The number of benzene rings is 1. The first-order chi connectivity index (χ1) is 10.3. The Balaban J connectivity index is 1.39. The summed E-state index contributed by atoms with van der Waals surface area (Å²) in [6.45, 7) is 1.80. The van der Waals surface area contributed by atoms with Gasteiger partial charge in [0.2, 0.25) is 5.91 Å². The summed E-state index contributed by atoms with van der Waals surface area (Å²) in [6.07, 6.45) is 8.22. The summed E-state index contributed by atoms with van der Waals surface area (Å²) in [7, 11) is 0. The molecule has 21 heavy (non-hydrogen) atoms. The summed E-state index contributed by atoms with van der Waals surface area (Å²) < 4.78 is 0. The van der Waals surface area contributed by atoms with Gasteiger partial charge in [-0.1, -0.05) is 37.5 Å².